The summed E-state index contributed by atoms with van der Waals surface area (Å²) in [5.41, 5.74) is -1.94. The summed E-state index contributed by atoms with van der Waals surface area (Å²) in [7, 11) is 8.07. The topological polar surface area (TPSA) is 282 Å². The largest absolute Gasteiger partial charge is 0.507 e. The van der Waals surface area contributed by atoms with Gasteiger partial charge < -0.3 is 83.1 Å². The number of rotatable bonds is 18. The predicted molar refractivity (Wildman–Crippen MR) is 297 cm³/mol. The molecular formula is C59H97N3O19. The molecule has 4 aliphatic rings. The van der Waals surface area contributed by atoms with Crippen molar-refractivity contribution < 1.29 is 92.4 Å². The normalized spacial score (nSPS) is 36.7. The SMILES string of the molecule is CC[C@H]1OC(=O)[C@H](C)[C@@H](O[C@H]2C[C@@](C)(OC)[C@@H](O)[C@H](C)O2)[C@H](C)[C@@H](O[C@@H]2O[C@H](C)CC(N(C)C(=O)CN(C)CCOC(=O)CCC(C)=CCc3c(O)c4c(c(C)c3OC)COC4=O)[C@H]2O)[C@](C)(O)C[C@@H](C)CN(C)[C@H](C)[C@@H](O)[C@]1(C)O. The maximum atomic E-state index is 14.5. The van der Waals surface area contributed by atoms with E-state index in [4.69, 9.17) is 42.6 Å². The molecule has 3 saturated heterocycles. The molecule has 0 spiro atoms. The number of hydrogen-bond acceptors (Lipinski definition) is 21. The number of phenols is 1. The fourth-order valence-corrected chi connectivity index (χ4v) is 12.3. The lowest BCUT2D eigenvalue weighted by molar-refractivity contribution is -0.317. The maximum absolute atomic E-state index is 14.5. The Morgan fingerprint density at radius 1 is 0.938 bits per heavy atom. The second-order valence-corrected chi connectivity index (χ2v) is 24.3. The number of carbonyl (C=O) groups is 4. The van der Waals surface area contributed by atoms with E-state index in [0.29, 0.717) is 29.8 Å². The van der Waals surface area contributed by atoms with Crippen molar-refractivity contribution in [3.05, 3.63) is 33.9 Å². The second kappa shape index (κ2) is 28.2. The van der Waals surface area contributed by atoms with Gasteiger partial charge >= 0.3 is 17.9 Å². The summed E-state index contributed by atoms with van der Waals surface area (Å²) in [4.78, 5) is 58.7. The molecule has 1 unspecified atom stereocenters. The van der Waals surface area contributed by atoms with Gasteiger partial charge in [-0.3, -0.25) is 19.3 Å². The number of phenolic OH excluding ortho intramolecular Hbond substituents is 1. The molecule has 22 nitrogen and oxygen atoms in total. The van der Waals surface area contributed by atoms with E-state index in [9.17, 15) is 49.8 Å². The lowest BCUT2D eigenvalue weighted by Gasteiger charge is -2.49. The van der Waals surface area contributed by atoms with Gasteiger partial charge in [0.05, 0.1) is 61.2 Å². The van der Waals surface area contributed by atoms with Crippen LogP contribution in [0.1, 0.15) is 142 Å². The van der Waals surface area contributed by atoms with Crippen molar-refractivity contribution in [2.24, 2.45) is 17.8 Å². The van der Waals surface area contributed by atoms with E-state index in [-0.39, 0.29) is 88.0 Å². The van der Waals surface area contributed by atoms with Gasteiger partial charge in [-0.05, 0) is 120 Å². The molecule has 0 aromatic heterocycles. The van der Waals surface area contributed by atoms with Gasteiger partial charge in [0, 0.05) is 63.2 Å². The van der Waals surface area contributed by atoms with E-state index in [1.54, 1.807) is 81.4 Å². The molecular weight excluding hydrogens is 1050 g/mol. The van der Waals surface area contributed by atoms with Crippen LogP contribution in [0.3, 0.4) is 0 Å². The number of ether oxygens (including phenoxy) is 9. The Morgan fingerprint density at radius 2 is 1.60 bits per heavy atom. The molecule has 462 valence electrons. The average molecular weight is 1150 g/mol. The number of carbonyl (C=O) groups excluding carboxylic acids is 4. The highest BCUT2D eigenvalue weighted by molar-refractivity contribution is 5.98. The van der Waals surface area contributed by atoms with Gasteiger partial charge in [-0.15, -0.1) is 0 Å². The van der Waals surface area contributed by atoms with Crippen molar-refractivity contribution in [1.82, 2.24) is 14.7 Å². The van der Waals surface area contributed by atoms with Gasteiger partial charge in [-0.1, -0.05) is 32.4 Å². The standard InChI is InChI=1S/C59H97N3O19/c1-18-42-59(12,72)51(67)37(8)61(14)28-32(3)26-57(10,71)53(35(6)49(36(7)54(69)79-42)80-45-27-58(11,74-17)52(68)38(9)78-45)81-56-48(66)41(25-33(4)77-56)62(15)43(63)29-60(13)23-24-75-44(64)22-20-31(2)19-21-39-47(65)46-40(30-76-55(46)70)34(5)50(39)73-16/h19,32-33,35-38,41-42,45,48-49,51-53,56,65-68,71-72H,18,20-30H2,1-17H3/t32-,33-,35+,36-,37-,38+,41?,42-,45+,48-,49+,51-,52+,53-,56+,57-,58-,59-/m1/s1. The van der Waals surface area contributed by atoms with Gasteiger partial charge in [0.2, 0.25) is 5.91 Å². The maximum Gasteiger partial charge on any atom is 0.342 e. The molecule has 1 aromatic rings. The number of amides is 1. The van der Waals surface area contributed by atoms with Gasteiger partial charge in [-0.2, -0.15) is 0 Å². The van der Waals surface area contributed by atoms with Crippen molar-refractivity contribution >= 4 is 23.8 Å². The Morgan fingerprint density at radius 3 is 2.23 bits per heavy atom. The molecule has 0 saturated carbocycles. The molecule has 0 bridgehead atoms. The van der Waals surface area contributed by atoms with Crippen molar-refractivity contribution in [2.45, 2.75) is 225 Å². The summed E-state index contributed by atoms with van der Waals surface area (Å²) >= 11 is 0. The van der Waals surface area contributed by atoms with Crippen LogP contribution < -0.4 is 4.74 Å². The van der Waals surface area contributed by atoms with Crippen LogP contribution in [0.25, 0.3) is 0 Å². The zero-order valence-corrected chi connectivity index (χ0v) is 51.1. The Labute approximate surface area is 479 Å². The van der Waals surface area contributed by atoms with E-state index >= 15 is 0 Å². The number of allylic oxidation sites excluding steroid dienone is 2. The summed E-state index contributed by atoms with van der Waals surface area (Å²) in [6, 6.07) is -1.44. The van der Waals surface area contributed by atoms with Gasteiger partial charge in [0.15, 0.2) is 12.6 Å². The van der Waals surface area contributed by atoms with Crippen LogP contribution in [0.5, 0.6) is 11.5 Å². The van der Waals surface area contributed by atoms with E-state index in [1.165, 1.54) is 26.0 Å². The molecule has 0 radical (unpaired) electrons. The smallest absolute Gasteiger partial charge is 0.342 e. The summed E-state index contributed by atoms with van der Waals surface area (Å²) in [6.45, 7) is 21.3. The quantitative estimate of drug-likeness (QED) is 0.0690. The first-order chi connectivity index (χ1) is 37.7. The molecule has 22 heteroatoms. The summed E-state index contributed by atoms with van der Waals surface area (Å²) in [5, 5.41) is 70.7. The molecule has 4 aliphatic heterocycles. The van der Waals surface area contributed by atoms with Crippen molar-refractivity contribution in [3.63, 3.8) is 0 Å². The van der Waals surface area contributed by atoms with Gasteiger partial charge in [0.1, 0.15) is 60.3 Å². The fourth-order valence-electron chi connectivity index (χ4n) is 12.3. The van der Waals surface area contributed by atoms with Crippen molar-refractivity contribution in [1.29, 1.82) is 0 Å². The predicted octanol–water partition coefficient (Wildman–Crippen LogP) is 3.93. The number of cyclic esters (lactones) is 2. The third kappa shape index (κ3) is 15.8. The van der Waals surface area contributed by atoms with E-state index in [2.05, 4.69) is 0 Å². The average Bonchev–Trinajstić information content (AvgIpc) is 4.07. The lowest BCUT2D eigenvalue weighted by Crippen LogP contribution is -2.61. The number of fused-ring (bicyclic) bond motifs is 1. The van der Waals surface area contributed by atoms with Crippen LogP contribution in [0, 0.1) is 24.7 Å². The minimum Gasteiger partial charge on any atom is -0.507 e. The van der Waals surface area contributed by atoms with Crippen LogP contribution in [0.15, 0.2) is 11.6 Å². The van der Waals surface area contributed by atoms with E-state index in [0.717, 1.165) is 11.1 Å². The fraction of sp³-hybridized carbons (Fsp3) is 0.797. The molecule has 1 aromatic carbocycles. The highest BCUT2D eigenvalue weighted by Crippen LogP contribution is 2.43. The van der Waals surface area contributed by atoms with Gasteiger partial charge in [0.25, 0.3) is 0 Å². The number of benzene rings is 1. The Kier molecular flexibility index (Phi) is 23.6. The Bertz CT molecular complexity index is 2350. The molecule has 18 atom stereocenters. The first-order valence-electron chi connectivity index (χ1n) is 28.6. The van der Waals surface area contributed by atoms with Crippen molar-refractivity contribution in [2.75, 3.05) is 61.6 Å². The van der Waals surface area contributed by atoms with Crippen LogP contribution in [-0.2, 0) is 65.3 Å². The van der Waals surface area contributed by atoms with Crippen molar-refractivity contribution in [3.8, 4) is 11.5 Å². The van der Waals surface area contributed by atoms with Crippen LogP contribution in [-0.4, -0.2) is 221 Å². The number of hydrogen-bond donors (Lipinski definition) is 6. The second-order valence-electron chi connectivity index (χ2n) is 24.3. The molecule has 3 fully saturated rings. The van der Waals surface area contributed by atoms with E-state index < -0.39 is 120 Å². The van der Waals surface area contributed by atoms with Crippen LogP contribution >= 0.6 is 0 Å². The lowest BCUT2D eigenvalue weighted by atomic mass is 9.77. The first-order valence-corrected chi connectivity index (χ1v) is 28.6. The highest BCUT2D eigenvalue weighted by Gasteiger charge is 2.53. The zero-order valence-electron chi connectivity index (χ0n) is 51.1. The minimum absolute atomic E-state index is 0.00743. The third-order valence-corrected chi connectivity index (χ3v) is 17.6. The van der Waals surface area contributed by atoms with E-state index in [1.807, 2.05) is 31.7 Å². The molecule has 6 N–H and O–H groups in total. The Hall–Kier alpha value is -4.04. The summed E-state index contributed by atoms with van der Waals surface area (Å²) in [5.74, 6) is -4.14. The molecule has 81 heavy (non-hydrogen) atoms. The molecule has 4 heterocycles. The summed E-state index contributed by atoms with van der Waals surface area (Å²) in [6.07, 6.45) is -7.98. The van der Waals surface area contributed by atoms with Gasteiger partial charge in [-0.25, -0.2) is 4.79 Å². The minimum atomic E-state index is -1.88. The summed E-state index contributed by atoms with van der Waals surface area (Å²) < 4.78 is 54.3. The third-order valence-electron chi connectivity index (χ3n) is 17.6. The number of aromatic hydroxyl groups is 1. The first kappa shape index (κ1) is 67.7. The zero-order chi connectivity index (χ0) is 60.8. The van der Waals surface area contributed by atoms with Crippen LogP contribution in [0.2, 0.25) is 0 Å². The number of likely N-dealkylation sites (N-methyl/N-ethyl adjacent to an activating group) is 3. The number of aliphatic hydroxyl groups is 5. The molecule has 5 rings (SSSR count). The highest BCUT2D eigenvalue weighted by atomic mass is 16.7. The molecule has 0 aliphatic carbocycles. The monoisotopic (exact) mass is 1150 g/mol. The van der Waals surface area contributed by atoms with Crippen LogP contribution in [0.4, 0.5) is 0 Å². The Balaban J connectivity index is 1.30. The number of esters is 3. The number of nitrogens with zero attached hydrogens (tertiary/aromatic N) is 3. The molecule has 1 amide bonds. The number of aliphatic hydroxyl groups excluding tert-OH is 3. The number of methoxy groups -OCH3 is 2.